The van der Waals surface area contributed by atoms with Gasteiger partial charge in [0.25, 0.3) is 5.91 Å². The second-order valence-corrected chi connectivity index (χ2v) is 6.98. The molecule has 0 spiro atoms. The summed E-state index contributed by atoms with van der Waals surface area (Å²) >= 11 is 0. The summed E-state index contributed by atoms with van der Waals surface area (Å²) < 4.78 is 0. The second kappa shape index (κ2) is 7.93. The average Bonchev–Trinajstić information content (AvgIpc) is 3.43. The maximum Gasteiger partial charge on any atom is 0.253 e. The highest BCUT2D eigenvalue weighted by atomic mass is 16.2. The number of piperidine rings is 1. The number of nitrogens with one attached hydrogen (secondary N) is 1. The highest BCUT2D eigenvalue weighted by Gasteiger charge is 2.20. The van der Waals surface area contributed by atoms with E-state index in [4.69, 9.17) is 0 Å². The minimum absolute atomic E-state index is 0.128. The van der Waals surface area contributed by atoms with E-state index in [0.29, 0.717) is 0 Å². The predicted octanol–water partition coefficient (Wildman–Crippen LogP) is 2.50. The number of nitrogens with zero attached hydrogens (tertiary/aromatic N) is 2. The molecule has 1 saturated carbocycles. The van der Waals surface area contributed by atoms with E-state index in [1.54, 1.807) is 0 Å². The lowest BCUT2D eigenvalue weighted by molar-refractivity contribution is 0.0773. The maximum absolute atomic E-state index is 12.5. The first-order valence-electron chi connectivity index (χ1n) is 9.02. The number of rotatable bonds is 7. The van der Waals surface area contributed by atoms with Crippen molar-refractivity contribution < 1.29 is 4.79 Å². The zero-order chi connectivity index (χ0) is 16.1. The Morgan fingerprint density at radius 2 is 1.87 bits per heavy atom. The van der Waals surface area contributed by atoms with Crippen molar-refractivity contribution >= 4 is 5.91 Å². The Kier molecular flexibility index (Phi) is 5.68. The van der Waals surface area contributed by atoms with E-state index < -0.39 is 0 Å². The molecule has 1 aliphatic heterocycles. The third kappa shape index (κ3) is 5.05. The summed E-state index contributed by atoms with van der Waals surface area (Å²) in [5.74, 6) is 0.128. The van der Waals surface area contributed by atoms with E-state index in [1.807, 2.05) is 24.1 Å². The lowest BCUT2D eigenvalue weighted by atomic mass is 10.1. The molecule has 1 aliphatic carbocycles. The molecule has 0 atom stereocenters. The number of carbonyl (C=O) groups excluding carboxylic acids is 1. The molecule has 1 aromatic rings. The van der Waals surface area contributed by atoms with E-state index in [1.165, 1.54) is 50.8 Å². The molecule has 1 amide bonds. The van der Waals surface area contributed by atoms with Gasteiger partial charge in [-0.2, -0.15) is 0 Å². The van der Waals surface area contributed by atoms with Crippen LogP contribution in [0.4, 0.5) is 0 Å². The Hall–Kier alpha value is -1.39. The van der Waals surface area contributed by atoms with Crippen LogP contribution in [0.1, 0.15) is 48.0 Å². The summed E-state index contributed by atoms with van der Waals surface area (Å²) in [6, 6.07) is 8.78. The van der Waals surface area contributed by atoms with Crippen molar-refractivity contribution in [2.24, 2.45) is 0 Å². The number of carbonyl (C=O) groups is 1. The third-order valence-corrected chi connectivity index (χ3v) is 4.92. The van der Waals surface area contributed by atoms with Crippen molar-refractivity contribution in [2.75, 3.05) is 33.2 Å². The predicted molar refractivity (Wildman–Crippen MR) is 93.6 cm³/mol. The van der Waals surface area contributed by atoms with E-state index in [9.17, 15) is 4.79 Å². The van der Waals surface area contributed by atoms with E-state index >= 15 is 0 Å². The molecule has 0 unspecified atom stereocenters. The molecule has 4 heteroatoms. The first kappa shape index (κ1) is 16.5. The van der Waals surface area contributed by atoms with Gasteiger partial charge in [-0.05, 0) is 56.5 Å². The Bertz CT molecular complexity index is 504. The molecular formula is C19H29N3O. The lowest BCUT2D eigenvalue weighted by Gasteiger charge is -2.28. The molecule has 1 aromatic carbocycles. The van der Waals surface area contributed by atoms with Crippen molar-refractivity contribution in [2.45, 2.75) is 44.7 Å². The topological polar surface area (TPSA) is 35.6 Å². The van der Waals surface area contributed by atoms with Crippen LogP contribution in [0, 0.1) is 0 Å². The van der Waals surface area contributed by atoms with Gasteiger partial charge in [0.1, 0.15) is 0 Å². The van der Waals surface area contributed by atoms with E-state index in [-0.39, 0.29) is 5.91 Å². The zero-order valence-corrected chi connectivity index (χ0v) is 14.3. The molecule has 0 bridgehead atoms. The van der Waals surface area contributed by atoms with Crippen LogP contribution in [0.5, 0.6) is 0 Å². The monoisotopic (exact) mass is 315 g/mol. The van der Waals surface area contributed by atoms with Crippen molar-refractivity contribution in [3.05, 3.63) is 35.4 Å². The van der Waals surface area contributed by atoms with Gasteiger partial charge >= 0.3 is 0 Å². The number of amides is 1. The molecule has 3 rings (SSSR count). The molecule has 1 heterocycles. The van der Waals surface area contributed by atoms with Crippen LogP contribution in [0.2, 0.25) is 0 Å². The Labute approximate surface area is 139 Å². The highest BCUT2D eigenvalue weighted by molar-refractivity contribution is 5.94. The standard InChI is InChI=1S/C19H29N3O/c1-21(13-14-22-11-3-2-4-12-22)19(23)17-7-5-16(6-8-17)15-20-18-9-10-18/h5-8,18,20H,2-4,9-15H2,1H3. The lowest BCUT2D eigenvalue weighted by Crippen LogP contribution is -2.38. The van der Waals surface area contributed by atoms with E-state index in [0.717, 1.165) is 31.2 Å². The summed E-state index contributed by atoms with van der Waals surface area (Å²) in [5, 5.41) is 3.50. The molecule has 126 valence electrons. The smallest absolute Gasteiger partial charge is 0.253 e. The number of likely N-dealkylation sites (N-methyl/N-ethyl adjacent to an activating group) is 1. The van der Waals surface area contributed by atoms with Crippen LogP contribution in [-0.2, 0) is 6.54 Å². The second-order valence-electron chi connectivity index (χ2n) is 6.98. The van der Waals surface area contributed by atoms with Gasteiger partial charge in [-0.1, -0.05) is 18.6 Å². The third-order valence-electron chi connectivity index (χ3n) is 4.92. The summed E-state index contributed by atoms with van der Waals surface area (Å²) in [5.41, 5.74) is 2.05. The molecule has 1 saturated heterocycles. The van der Waals surface area contributed by atoms with Gasteiger partial charge in [-0.25, -0.2) is 0 Å². The van der Waals surface area contributed by atoms with E-state index in [2.05, 4.69) is 22.3 Å². The van der Waals surface area contributed by atoms with Crippen molar-refractivity contribution in [1.82, 2.24) is 15.1 Å². The van der Waals surface area contributed by atoms with Gasteiger partial charge in [0.05, 0.1) is 0 Å². The van der Waals surface area contributed by atoms with Crippen LogP contribution >= 0.6 is 0 Å². The minimum Gasteiger partial charge on any atom is -0.340 e. The molecule has 2 fully saturated rings. The quantitative estimate of drug-likeness (QED) is 0.840. The molecule has 1 N–H and O–H groups in total. The van der Waals surface area contributed by atoms with Crippen molar-refractivity contribution in [1.29, 1.82) is 0 Å². The molecule has 4 nitrogen and oxygen atoms in total. The number of hydrogen-bond acceptors (Lipinski definition) is 3. The summed E-state index contributed by atoms with van der Waals surface area (Å²) in [6.07, 6.45) is 6.56. The van der Waals surface area contributed by atoms with Crippen LogP contribution in [-0.4, -0.2) is 55.0 Å². The Balaban J connectivity index is 1.45. The number of hydrogen-bond donors (Lipinski definition) is 1. The van der Waals surface area contributed by atoms with Crippen molar-refractivity contribution in [3.8, 4) is 0 Å². The molecule has 0 radical (unpaired) electrons. The number of benzene rings is 1. The zero-order valence-electron chi connectivity index (χ0n) is 14.3. The first-order chi connectivity index (χ1) is 11.2. The molecule has 2 aliphatic rings. The van der Waals surface area contributed by atoms with Gasteiger partial charge in [0.2, 0.25) is 0 Å². The average molecular weight is 315 g/mol. The Morgan fingerprint density at radius 1 is 1.17 bits per heavy atom. The fourth-order valence-electron chi connectivity index (χ4n) is 3.11. The van der Waals surface area contributed by atoms with Crippen LogP contribution in [0.25, 0.3) is 0 Å². The normalized spacial score (nSPS) is 18.8. The molecule has 0 aromatic heterocycles. The minimum atomic E-state index is 0.128. The molecular weight excluding hydrogens is 286 g/mol. The first-order valence-corrected chi connectivity index (χ1v) is 9.02. The van der Waals surface area contributed by atoms with Crippen LogP contribution in [0.15, 0.2) is 24.3 Å². The van der Waals surface area contributed by atoms with Gasteiger partial charge in [0.15, 0.2) is 0 Å². The van der Waals surface area contributed by atoms with Crippen molar-refractivity contribution in [3.63, 3.8) is 0 Å². The summed E-state index contributed by atoms with van der Waals surface area (Å²) in [4.78, 5) is 16.8. The summed E-state index contributed by atoms with van der Waals surface area (Å²) in [6.45, 7) is 5.08. The maximum atomic E-state index is 12.5. The van der Waals surface area contributed by atoms with Gasteiger partial charge < -0.3 is 15.1 Å². The largest absolute Gasteiger partial charge is 0.340 e. The summed E-state index contributed by atoms with van der Waals surface area (Å²) in [7, 11) is 1.91. The Morgan fingerprint density at radius 3 is 2.52 bits per heavy atom. The fourth-order valence-corrected chi connectivity index (χ4v) is 3.11. The SMILES string of the molecule is CN(CCN1CCCCC1)C(=O)c1ccc(CNC2CC2)cc1. The highest BCUT2D eigenvalue weighted by Crippen LogP contribution is 2.19. The fraction of sp³-hybridized carbons (Fsp3) is 0.632. The van der Waals surface area contributed by atoms with Crippen LogP contribution < -0.4 is 5.32 Å². The van der Waals surface area contributed by atoms with Crippen LogP contribution in [0.3, 0.4) is 0 Å². The number of likely N-dealkylation sites (tertiary alicyclic amines) is 1. The van der Waals surface area contributed by atoms with Gasteiger partial charge in [-0.3, -0.25) is 4.79 Å². The van der Waals surface area contributed by atoms with Gasteiger partial charge in [0, 0.05) is 38.3 Å². The van der Waals surface area contributed by atoms with Gasteiger partial charge in [-0.15, -0.1) is 0 Å². The molecule has 23 heavy (non-hydrogen) atoms.